The maximum atomic E-state index is 13.0. The van der Waals surface area contributed by atoms with Gasteiger partial charge in [-0.1, -0.05) is 18.2 Å². The molecular formula is C23H31N3O4. The summed E-state index contributed by atoms with van der Waals surface area (Å²) in [4.78, 5) is 31.4. The monoisotopic (exact) mass is 413 g/mol. The molecule has 162 valence electrons. The fourth-order valence-electron chi connectivity index (χ4n) is 3.32. The predicted molar refractivity (Wildman–Crippen MR) is 116 cm³/mol. The summed E-state index contributed by atoms with van der Waals surface area (Å²) in [7, 11) is 0. The zero-order valence-corrected chi connectivity index (χ0v) is 18.6. The van der Waals surface area contributed by atoms with Crippen molar-refractivity contribution in [3.05, 3.63) is 36.5 Å². The Bertz CT molecular complexity index is 919. The number of rotatable bonds is 4. The Kier molecular flexibility index (Phi) is 5.92. The van der Waals surface area contributed by atoms with Gasteiger partial charge in [-0.15, -0.1) is 0 Å². The highest BCUT2D eigenvalue weighted by molar-refractivity contribution is 5.92. The van der Waals surface area contributed by atoms with Crippen molar-refractivity contribution in [1.82, 2.24) is 9.88 Å². The van der Waals surface area contributed by atoms with Gasteiger partial charge < -0.3 is 19.7 Å². The first-order chi connectivity index (χ1) is 13.9. The van der Waals surface area contributed by atoms with Crippen molar-refractivity contribution in [2.24, 2.45) is 5.92 Å². The fourth-order valence-corrected chi connectivity index (χ4v) is 3.32. The lowest BCUT2D eigenvalue weighted by atomic mass is 9.91. The first kappa shape index (κ1) is 21.9. The Morgan fingerprint density at radius 1 is 1.03 bits per heavy atom. The number of para-hydroxylation sites is 1. The second-order valence-electron chi connectivity index (χ2n) is 9.68. The average Bonchev–Trinajstić information content (AvgIpc) is 2.56. The SMILES string of the molecule is CC(C)(C)OC(=O)[C@H](Nc1cccc2cccnc12)C1CN(C(=O)OC(C)(C)C)C1. The van der Waals surface area contributed by atoms with Crippen LogP contribution in [0.1, 0.15) is 41.5 Å². The van der Waals surface area contributed by atoms with E-state index in [4.69, 9.17) is 9.47 Å². The molecule has 30 heavy (non-hydrogen) atoms. The highest BCUT2D eigenvalue weighted by Gasteiger charge is 2.43. The van der Waals surface area contributed by atoms with Crippen LogP contribution in [0.2, 0.25) is 0 Å². The molecule has 1 amide bonds. The van der Waals surface area contributed by atoms with Crippen LogP contribution in [0, 0.1) is 5.92 Å². The highest BCUT2D eigenvalue weighted by Crippen LogP contribution is 2.29. The molecule has 0 radical (unpaired) electrons. The van der Waals surface area contributed by atoms with Gasteiger partial charge in [0.25, 0.3) is 0 Å². The van der Waals surface area contributed by atoms with Crippen LogP contribution in [0.25, 0.3) is 10.9 Å². The van der Waals surface area contributed by atoms with Crippen molar-refractivity contribution < 1.29 is 19.1 Å². The number of fused-ring (bicyclic) bond motifs is 1. The Morgan fingerprint density at radius 2 is 1.67 bits per heavy atom. The topological polar surface area (TPSA) is 80.8 Å². The van der Waals surface area contributed by atoms with Crippen molar-refractivity contribution in [2.75, 3.05) is 18.4 Å². The van der Waals surface area contributed by atoms with E-state index in [0.29, 0.717) is 13.1 Å². The third-order valence-electron chi connectivity index (χ3n) is 4.64. The zero-order valence-electron chi connectivity index (χ0n) is 18.6. The number of carbonyl (C=O) groups excluding carboxylic acids is 2. The molecular weight excluding hydrogens is 382 g/mol. The number of anilines is 1. The number of hydrogen-bond acceptors (Lipinski definition) is 6. The number of nitrogens with one attached hydrogen (secondary N) is 1. The van der Waals surface area contributed by atoms with Crippen molar-refractivity contribution in [1.29, 1.82) is 0 Å². The smallest absolute Gasteiger partial charge is 0.410 e. The molecule has 0 spiro atoms. The van der Waals surface area contributed by atoms with Crippen LogP contribution in [0.4, 0.5) is 10.5 Å². The number of likely N-dealkylation sites (tertiary alicyclic amines) is 1. The van der Waals surface area contributed by atoms with Crippen molar-refractivity contribution in [3.63, 3.8) is 0 Å². The first-order valence-corrected chi connectivity index (χ1v) is 10.2. The van der Waals surface area contributed by atoms with Gasteiger partial charge in [0.1, 0.15) is 17.2 Å². The summed E-state index contributed by atoms with van der Waals surface area (Å²) < 4.78 is 11.1. The quantitative estimate of drug-likeness (QED) is 0.756. The normalized spacial score (nSPS) is 16.0. The molecule has 7 nitrogen and oxygen atoms in total. The lowest BCUT2D eigenvalue weighted by Crippen LogP contribution is -2.59. The second-order valence-corrected chi connectivity index (χ2v) is 9.68. The molecule has 7 heteroatoms. The molecule has 1 aliphatic rings. The van der Waals surface area contributed by atoms with E-state index in [2.05, 4.69) is 10.3 Å². The van der Waals surface area contributed by atoms with Crippen molar-refractivity contribution in [2.45, 2.75) is 58.8 Å². The number of nitrogens with zero attached hydrogens (tertiary/aromatic N) is 2. The molecule has 3 rings (SSSR count). The van der Waals surface area contributed by atoms with E-state index in [0.717, 1.165) is 16.6 Å². The summed E-state index contributed by atoms with van der Waals surface area (Å²) in [5.41, 5.74) is 0.388. The Hall–Kier alpha value is -2.83. The predicted octanol–water partition coefficient (Wildman–Crippen LogP) is 4.22. The van der Waals surface area contributed by atoms with Gasteiger partial charge in [-0.05, 0) is 53.7 Å². The Morgan fingerprint density at radius 3 is 2.30 bits per heavy atom. The summed E-state index contributed by atoms with van der Waals surface area (Å²) >= 11 is 0. The van der Waals surface area contributed by atoms with Crippen LogP contribution >= 0.6 is 0 Å². The molecule has 1 aromatic heterocycles. The summed E-state index contributed by atoms with van der Waals surface area (Å²) in [5.74, 6) is -0.435. The third kappa shape index (κ3) is 5.40. The van der Waals surface area contributed by atoms with Gasteiger partial charge in [0, 0.05) is 30.6 Å². The maximum absolute atomic E-state index is 13.0. The van der Waals surface area contributed by atoms with Gasteiger partial charge in [0.05, 0.1) is 11.2 Å². The van der Waals surface area contributed by atoms with Crippen molar-refractivity contribution >= 4 is 28.7 Å². The summed E-state index contributed by atoms with van der Waals surface area (Å²) in [5, 5.41) is 4.32. The average molecular weight is 414 g/mol. The minimum Gasteiger partial charge on any atom is -0.458 e. The van der Waals surface area contributed by atoms with E-state index >= 15 is 0 Å². The number of pyridine rings is 1. The molecule has 1 fully saturated rings. The number of carbonyl (C=O) groups is 2. The molecule has 1 aromatic carbocycles. The van der Waals surface area contributed by atoms with Crippen LogP contribution in [0.15, 0.2) is 36.5 Å². The van der Waals surface area contributed by atoms with Crippen LogP contribution in [-0.4, -0.2) is 52.3 Å². The molecule has 2 aromatic rings. The van der Waals surface area contributed by atoms with Gasteiger partial charge in [-0.2, -0.15) is 0 Å². The minimum atomic E-state index is -0.609. The minimum absolute atomic E-state index is 0.0914. The van der Waals surface area contributed by atoms with E-state index in [-0.39, 0.29) is 18.0 Å². The fraction of sp³-hybridized carbons (Fsp3) is 0.522. The van der Waals surface area contributed by atoms with Gasteiger partial charge in [-0.3, -0.25) is 4.98 Å². The molecule has 1 aliphatic heterocycles. The zero-order chi connectivity index (χ0) is 22.1. The standard InChI is InChI=1S/C23H31N3O4/c1-22(2,3)29-20(27)19(16-13-26(14-16)21(28)30-23(4,5)6)25-17-11-7-9-15-10-8-12-24-18(15)17/h7-12,16,19,25H,13-14H2,1-6H3/t19-/m1/s1. The Balaban J connectivity index is 1.78. The second kappa shape index (κ2) is 8.13. The molecule has 2 heterocycles. The molecule has 0 bridgehead atoms. The molecule has 0 aliphatic carbocycles. The van der Waals surface area contributed by atoms with Crippen LogP contribution in [-0.2, 0) is 14.3 Å². The van der Waals surface area contributed by atoms with Crippen LogP contribution in [0.5, 0.6) is 0 Å². The largest absolute Gasteiger partial charge is 0.458 e. The van der Waals surface area contributed by atoms with E-state index in [1.54, 1.807) is 11.1 Å². The Labute approximate surface area is 177 Å². The number of amides is 1. The molecule has 0 unspecified atom stereocenters. The lowest BCUT2D eigenvalue weighted by molar-refractivity contribution is -0.158. The number of benzene rings is 1. The van der Waals surface area contributed by atoms with Gasteiger partial charge in [-0.25, -0.2) is 9.59 Å². The molecule has 0 saturated carbocycles. The maximum Gasteiger partial charge on any atom is 0.410 e. The molecule has 1 saturated heterocycles. The van der Waals surface area contributed by atoms with Gasteiger partial charge in [0.15, 0.2) is 0 Å². The number of esters is 1. The third-order valence-corrected chi connectivity index (χ3v) is 4.64. The summed E-state index contributed by atoms with van der Waals surface area (Å²) in [6, 6.07) is 9.05. The van der Waals surface area contributed by atoms with Gasteiger partial charge >= 0.3 is 12.1 Å². The number of aromatic nitrogens is 1. The van der Waals surface area contributed by atoms with E-state index in [1.807, 2.05) is 71.9 Å². The van der Waals surface area contributed by atoms with Crippen LogP contribution in [0.3, 0.4) is 0 Å². The van der Waals surface area contributed by atoms with Crippen LogP contribution < -0.4 is 5.32 Å². The first-order valence-electron chi connectivity index (χ1n) is 10.2. The van der Waals surface area contributed by atoms with Gasteiger partial charge in [0.2, 0.25) is 0 Å². The van der Waals surface area contributed by atoms with E-state index in [9.17, 15) is 9.59 Å². The summed E-state index contributed by atoms with van der Waals surface area (Å²) in [6.45, 7) is 11.9. The van der Waals surface area contributed by atoms with Crippen molar-refractivity contribution in [3.8, 4) is 0 Å². The number of ether oxygens (including phenoxy) is 2. The molecule has 1 atom stereocenters. The highest BCUT2D eigenvalue weighted by atomic mass is 16.6. The van der Waals surface area contributed by atoms with E-state index < -0.39 is 17.2 Å². The van der Waals surface area contributed by atoms with E-state index in [1.165, 1.54) is 0 Å². The molecule has 1 N–H and O–H groups in total. The number of hydrogen-bond donors (Lipinski definition) is 1. The summed E-state index contributed by atoms with van der Waals surface area (Å²) in [6.07, 6.45) is 1.36. The lowest BCUT2D eigenvalue weighted by Gasteiger charge is -2.43.